The fraction of sp³-hybridized carbons (Fsp3) is 0.0741. The number of phenolic OH excluding ortho intramolecular Hbond substituents is 1. The Bertz CT molecular complexity index is 1720. The Labute approximate surface area is 211 Å². The first-order valence-corrected chi connectivity index (χ1v) is 11.2. The minimum Gasteiger partial charge on any atom is -0.505 e. The highest BCUT2D eigenvalue weighted by atomic mass is 16.3. The van der Waals surface area contributed by atoms with Crippen molar-refractivity contribution in [2.24, 2.45) is 10.2 Å². The highest BCUT2D eigenvalue weighted by molar-refractivity contribution is 6.16. The zero-order valence-corrected chi connectivity index (χ0v) is 19.9. The fourth-order valence-corrected chi connectivity index (χ4v) is 3.79. The molecule has 0 bridgehead atoms. The van der Waals surface area contributed by atoms with Crippen molar-refractivity contribution < 1.29 is 9.90 Å². The van der Waals surface area contributed by atoms with Crippen LogP contribution in [-0.4, -0.2) is 30.8 Å². The number of aromatic hydroxyl groups is 1. The average molecular weight is 489 g/mol. The standard InChI is InChI=1S/C27H20N8O2/c1-16-9-10-19(13-17(16)2)32-26(37)23-20-8-5-4-7-18(20)14-21(24(23)36)33-34-25-22(28-3)15-31-35(25)27-29-11-6-12-30-27/h4-15,36H,1-2H3,(H,32,37)/b34-33+. The number of fused-ring (bicyclic) bond motifs is 1. The smallest absolute Gasteiger partial charge is 0.260 e. The minimum atomic E-state index is -0.487. The number of azo groups is 1. The van der Waals surface area contributed by atoms with Crippen LogP contribution >= 0.6 is 0 Å². The van der Waals surface area contributed by atoms with Crippen LogP contribution in [0.5, 0.6) is 5.75 Å². The van der Waals surface area contributed by atoms with Crippen molar-refractivity contribution >= 4 is 39.6 Å². The number of phenols is 1. The Morgan fingerprint density at radius 2 is 1.81 bits per heavy atom. The maximum absolute atomic E-state index is 13.4. The van der Waals surface area contributed by atoms with Crippen LogP contribution in [0.3, 0.4) is 0 Å². The predicted octanol–water partition coefficient (Wildman–Crippen LogP) is 6.36. The molecule has 5 rings (SSSR count). The van der Waals surface area contributed by atoms with E-state index >= 15 is 0 Å². The third-order valence-electron chi connectivity index (χ3n) is 5.83. The number of aryl methyl sites for hydroxylation is 2. The Hall–Kier alpha value is -5.43. The highest BCUT2D eigenvalue weighted by Gasteiger charge is 2.20. The van der Waals surface area contributed by atoms with Gasteiger partial charge < -0.3 is 10.4 Å². The molecule has 5 aromatic rings. The van der Waals surface area contributed by atoms with Crippen LogP contribution in [-0.2, 0) is 0 Å². The second-order valence-corrected chi connectivity index (χ2v) is 8.22. The van der Waals surface area contributed by atoms with Gasteiger partial charge in [-0.1, -0.05) is 30.3 Å². The van der Waals surface area contributed by atoms with Gasteiger partial charge in [-0.25, -0.2) is 14.8 Å². The molecule has 0 radical (unpaired) electrons. The van der Waals surface area contributed by atoms with Crippen molar-refractivity contribution in [3.8, 4) is 11.7 Å². The van der Waals surface area contributed by atoms with Crippen LogP contribution in [0.25, 0.3) is 21.6 Å². The number of hydrogen-bond acceptors (Lipinski definition) is 7. The zero-order chi connectivity index (χ0) is 25.9. The van der Waals surface area contributed by atoms with Gasteiger partial charge in [-0.3, -0.25) is 4.79 Å². The molecule has 10 nitrogen and oxygen atoms in total. The van der Waals surface area contributed by atoms with Crippen LogP contribution in [0, 0.1) is 20.4 Å². The van der Waals surface area contributed by atoms with Crippen LogP contribution < -0.4 is 5.32 Å². The molecule has 180 valence electrons. The number of carbonyl (C=O) groups excluding carboxylic acids is 1. The van der Waals surface area contributed by atoms with Gasteiger partial charge in [0, 0.05) is 18.1 Å². The minimum absolute atomic E-state index is 0.0570. The van der Waals surface area contributed by atoms with Gasteiger partial charge in [0.1, 0.15) is 5.69 Å². The van der Waals surface area contributed by atoms with E-state index in [1.54, 1.807) is 24.3 Å². The summed E-state index contributed by atoms with van der Waals surface area (Å²) in [5, 5.41) is 27.8. The van der Waals surface area contributed by atoms with Crippen molar-refractivity contribution in [3.63, 3.8) is 0 Å². The Kier molecular flexibility index (Phi) is 6.10. The van der Waals surface area contributed by atoms with E-state index in [-0.39, 0.29) is 34.5 Å². The third-order valence-corrected chi connectivity index (χ3v) is 5.83. The van der Waals surface area contributed by atoms with E-state index in [4.69, 9.17) is 6.57 Å². The van der Waals surface area contributed by atoms with E-state index in [9.17, 15) is 9.90 Å². The van der Waals surface area contributed by atoms with Gasteiger partial charge in [0.15, 0.2) is 11.6 Å². The van der Waals surface area contributed by atoms with Crippen molar-refractivity contribution in [3.05, 3.63) is 101 Å². The lowest BCUT2D eigenvalue weighted by atomic mass is 10.0. The van der Waals surface area contributed by atoms with Gasteiger partial charge in [-0.2, -0.15) is 9.78 Å². The molecule has 37 heavy (non-hydrogen) atoms. The summed E-state index contributed by atoms with van der Waals surface area (Å²) in [6.45, 7) is 11.4. The first-order valence-electron chi connectivity index (χ1n) is 11.2. The molecule has 0 aliphatic carbocycles. The van der Waals surface area contributed by atoms with E-state index in [0.717, 1.165) is 11.1 Å². The quantitative estimate of drug-likeness (QED) is 0.220. The van der Waals surface area contributed by atoms with Gasteiger partial charge in [-0.15, -0.1) is 10.2 Å². The number of nitrogens with one attached hydrogen (secondary N) is 1. The van der Waals surface area contributed by atoms with E-state index in [1.807, 2.05) is 44.2 Å². The summed E-state index contributed by atoms with van der Waals surface area (Å²) < 4.78 is 1.28. The second kappa shape index (κ2) is 9.67. The predicted molar refractivity (Wildman–Crippen MR) is 139 cm³/mol. The fourth-order valence-electron chi connectivity index (χ4n) is 3.79. The lowest BCUT2D eigenvalue weighted by Gasteiger charge is -2.13. The number of amides is 1. The van der Waals surface area contributed by atoms with E-state index in [0.29, 0.717) is 16.5 Å². The molecule has 3 aromatic carbocycles. The number of rotatable bonds is 5. The van der Waals surface area contributed by atoms with Crippen molar-refractivity contribution in [2.45, 2.75) is 13.8 Å². The van der Waals surface area contributed by atoms with Gasteiger partial charge in [0.2, 0.25) is 0 Å². The van der Waals surface area contributed by atoms with E-state index in [1.165, 1.54) is 23.3 Å². The molecule has 0 atom stereocenters. The maximum atomic E-state index is 13.4. The Morgan fingerprint density at radius 3 is 2.57 bits per heavy atom. The van der Waals surface area contributed by atoms with E-state index < -0.39 is 5.91 Å². The summed E-state index contributed by atoms with van der Waals surface area (Å²) in [5.74, 6) is -0.522. The Morgan fingerprint density at radius 1 is 1.03 bits per heavy atom. The van der Waals surface area contributed by atoms with Crippen molar-refractivity contribution in [1.82, 2.24) is 19.7 Å². The molecule has 0 saturated heterocycles. The number of benzene rings is 3. The van der Waals surface area contributed by atoms with Gasteiger partial charge in [-0.05, 0) is 60.0 Å². The number of nitrogens with zero attached hydrogens (tertiary/aromatic N) is 7. The largest absolute Gasteiger partial charge is 0.505 e. The number of aromatic nitrogens is 4. The van der Waals surface area contributed by atoms with Crippen LogP contribution in [0.2, 0.25) is 0 Å². The Balaban J connectivity index is 1.59. The van der Waals surface area contributed by atoms with E-state index in [2.05, 4.69) is 35.5 Å². The van der Waals surface area contributed by atoms with Crippen molar-refractivity contribution in [2.75, 3.05) is 5.32 Å². The van der Waals surface area contributed by atoms with Gasteiger partial charge in [0.25, 0.3) is 17.5 Å². The molecule has 2 heterocycles. The normalized spacial score (nSPS) is 11.1. The van der Waals surface area contributed by atoms with Crippen molar-refractivity contribution in [1.29, 1.82) is 0 Å². The maximum Gasteiger partial charge on any atom is 0.260 e. The molecule has 2 aromatic heterocycles. The molecule has 0 aliphatic rings. The summed E-state index contributed by atoms with van der Waals surface area (Å²) in [6, 6.07) is 16.1. The van der Waals surface area contributed by atoms with Crippen LogP contribution in [0.1, 0.15) is 21.5 Å². The molecule has 1 amide bonds. The molecule has 0 saturated carbocycles. The summed E-state index contributed by atoms with van der Waals surface area (Å²) in [5.41, 5.74) is 3.00. The molecule has 0 spiro atoms. The van der Waals surface area contributed by atoms with Crippen LogP contribution in [0.15, 0.2) is 83.4 Å². The molecule has 2 N–H and O–H groups in total. The molecule has 0 fully saturated rings. The number of carbonyl (C=O) groups is 1. The highest BCUT2D eigenvalue weighted by Crippen LogP contribution is 2.39. The lowest BCUT2D eigenvalue weighted by Crippen LogP contribution is -2.13. The monoisotopic (exact) mass is 488 g/mol. The van der Waals surface area contributed by atoms with Crippen LogP contribution in [0.4, 0.5) is 22.9 Å². The first-order chi connectivity index (χ1) is 18.0. The molecular weight excluding hydrogens is 468 g/mol. The van der Waals surface area contributed by atoms with Gasteiger partial charge in [0.05, 0.1) is 18.3 Å². The molecular formula is C27H20N8O2. The average Bonchev–Trinajstić information content (AvgIpc) is 3.33. The molecule has 0 aliphatic heterocycles. The number of anilines is 1. The zero-order valence-electron chi connectivity index (χ0n) is 19.9. The SMILES string of the molecule is [C-]#[N+]c1cnn(-c2ncccn2)c1/N=N/c1cc2ccccc2c(C(=O)Nc2ccc(C)c(C)c2)c1O. The second-order valence-electron chi connectivity index (χ2n) is 8.22. The number of hydrogen-bond donors (Lipinski definition) is 2. The first kappa shape index (κ1) is 23.3. The summed E-state index contributed by atoms with van der Waals surface area (Å²) in [7, 11) is 0. The molecule has 10 heteroatoms. The third kappa shape index (κ3) is 4.49. The summed E-state index contributed by atoms with van der Waals surface area (Å²) >= 11 is 0. The summed E-state index contributed by atoms with van der Waals surface area (Å²) in [4.78, 5) is 25.1. The summed E-state index contributed by atoms with van der Waals surface area (Å²) in [6.07, 6.45) is 4.41. The lowest BCUT2D eigenvalue weighted by molar-refractivity contribution is 0.102. The topological polar surface area (TPSA) is 122 Å². The van der Waals surface area contributed by atoms with Gasteiger partial charge >= 0.3 is 0 Å². The molecule has 0 unspecified atom stereocenters.